The summed E-state index contributed by atoms with van der Waals surface area (Å²) >= 11 is 7.02. The number of rotatable bonds is 0. The van der Waals surface area contributed by atoms with Crippen LogP contribution in [0.5, 0.6) is 0 Å². The smallest absolute Gasteiger partial charge is 0.193 e. The molecule has 0 unspecified atom stereocenters. The standard InChI is InChI=1S/C4BrClF4/c5-1-2(6)4(9,10)3(1,7)8. The lowest BCUT2D eigenvalue weighted by Crippen LogP contribution is -2.50. The summed E-state index contributed by atoms with van der Waals surface area (Å²) < 4.78 is 47.1. The SMILES string of the molecule is FC1(F)C(Cl)=C(Br)C1(F)F. The zero-order valence-corrected chi connectivity index (χ0v) is 6.61. The van der Waals surface area contributed by atoms with Gasteiger partial charge >= 0.3 is 11.8 Å². The lowest BCUT2D eigenvalue weighted by Gasteiger charge is -2.35. The molecule has 0 aliphatic heterocycles. The maximum absolute atomic E-state index is 12.0. The van der Waals surface area contributed by atoms with Gasteiger partial charge in [0.2, 0.25) is 0 Å². The van der Waals surface area contributed by atoms with E-state index in [0.29, 0.717) is 0 Å². The zero-order chi connectivity index (χ0) is 8.15. The van der Waals surface area contributed by atoms with Crippen LogP contribution < -0.4 is 0 Å². The number of hydrogen-bond acceptors (Lipinski definition) is 0. The van der Waals surface area contributed by atoms with Crippen molar-refractivity contribution in [2.24, 2.45) is 0 Å². The van der Waals surface area contributed by atoms with Gasteiger partial charge < -0.3 is 0 Å². The summed E-state index contributed by atoms with van der Waals surface area (Å²) in [5, 5.41) is -1.11. The van der Waals surface area contributed by atoms with Crippen LogP contribution in [0.2, 0.25) is 0 Å². The Balaban J connectivity index is 3.10. The Labute approximate surface area is 67.0 Å². The van der Waals surface area contributed by atoms with E-state index in [1.54, 1.807) is 0 Å². The Morgan fingerprint density at radius 2 is 1.50 bits per heavy atom. The Morgan fingerprint density at radius 3 is 1.60 bits per heavy atom. The third-order valence-corrected chi connectivity index (χ3v) is 2.69. The van der Waals surface area contributed by atoms with Crippen molar-refractivity contribution in [1.82, 2.24) is 0 Å². The highest BCUT2D eigenvalue weighted by Gasteiger charge is 2.70. The minimum Gasteiger partial charge on any atom is -0.193 e. The maximum atomic E-state index is 12.0. The van der Waals surface area contributed by atoms with Crippen LogP contribution in [0.25, 0.3) is 0 Å². The van der Waals surface area contributed by atoms with Gasteiger partial charge in [-0.05, 0) is 15.9 Å². The van der Waals surface area contributed by atoms with Crippen LogP contribution in [0.15, 0.2) is 9.51 Å². The molecule has 0 aromatic heterocycles. The molecule has 1 aliphatic carbocycles. The van der Waals surface area contributed by atoms with Gasteiger partial charge in [-0.2, -0.15) is 17.6 Å². The van der Waals surface area contributed by atoms with Crippen molar-refractivity contribution >= 4 is 27.5 Å². The van der Waals surface area contributed by atoms with Gasteiger partial charge in [0.15, 0.2) is 0 Å². The highest BCUT2D eigenvalue weighted by atomic mass is 79.9. The van der Waals surface area contributed by atoms with E-state index in [-0.39, 0.29) is 0 Å². The second kappa shape index (κ2) is 1.88. The molecule has 0 amide bonds. The van der Waals surface area contributed by atoms with Crippen molar-refractivity contribution in [3.05, 3.63) is 9.51 Å². The molecule has 0 N–H and O–H groups in total. The van der Waals surface area contributed by atoms with Crippen LogP contribution in [-0.2, 0) is 0 Å². The van der Waals surface area contributed by atoms with Gasteiger partial charge in [0, 0.05) is 0 Å². The van der Waals surface area contributed by atoms with Gasteiger partial charge in [0.25, 0.3) is 0 Å². The molecule has 0 aromatic carbocycles. The van der Waals surface area contributed by atoms with Gasteiger partial charge in [-0.3, -0.25) is 0 Å². The Morgan fingerprint density at radius 1 is 1.10 bits per heavy atom. The zero-order valence-electron chi connectivity index (χ0n) is 4.27. The van der Waals surface area contributed by atoms with Crippen molar-refractivity contribution in [1.29, 1.82) is 0 Å². The molecule has 10 heavy (non-hydrogen) atoms. The fourth-order valence-corrected chi connectivity index (χ4v) is 1.22. The van der Waals surface area contributed by atoms with E-state index in [0.717, 1.165) is 0 Å². The molecule has 0 spiro atoms. The van der Waals surface area contributed by atoms with E-state index in [4.69, 9.17) is 11.6 Å². The fraction of sp³-hybridized carbons (Fsp3) is 0.500. The summed E-state index contributed by atoms with van der Waals surface area (Å²) in [7, 11) is 0. The summed E-state index contributed by atoms with van der Waals surface area (Å²) in [6, 6.07) is 0. The number of allylic oxidation sites excluding steroid dienone is 2. The van der Waals surface area contributed by atoms with Crippen LogP contribution in [0.1, 0.15) is 0 Å². The predicted molar refractivity (Wildman–Crippen MR) is 31.7 cm³/mol. The molecule has 0 saturated carbocycles. The Bertz CT molecular complexity index is 187. The van der Waals surface area contributed by atoms with E-state index < -0.39 is 21.4 Å². The second-order valence-corrected chi connectivity index (χ2v) is 2.95. The fourth-order valence-electron chi connectivity index (χ4n) is 0.489. The van der Waals surface area contributed by atoms with Crippen LogP contribution in [0.3, 0.4) is 0 Å². The third-order valence-electron chi connectivity index (χ3n) is 1.14. The monoisotopic (exact) mass is 238 g/mol. The molecular weight excluding hydrogens is 239 g/mol. The quantitative estimate of drug-likeness (QED) is 0.570. The lowest BCUT2D eigenvalue weighted by atomic mass is 10.0. The first kappa shape index (κ1) is 8.33. The largest absolute Gasteiger partial charge is 0.351 e. The molecular formula is C4BrClF4. The average molecular weight is 239 g/mol. The minimum atomic E-state index is -4.19. The van der Waals surface area contributed by atoms with Gasteiger partial charge in [0.1, 0.15) is 5.03 Å². The molecule has 0 saturated heterocycles. The van der Waals surface area contributed by atoms with Crippen molar-refractivity contribution in [3.8, 4) is 0 Å². The summed E-state index contributed by atoms with van der Waals surface area (Å²) in [4.78, 5) is 0. The van der Waals surface area contributed by atoms with Crippen molar-refractivity contribution in [2.45, 2.75) is 11.8 Å². The Kier molecular flexibility index (Phi) is 1.57. The second-order valence-electron chi connectivity index (χ2n) is 1.78. The van der Waals surface area contributed by atoms with Crippen LogP contribution in [-0.4, -0.2) is 11.8 Å². The summed E-state index contributed by atoms with van der Waals surface area (Å²) in [5.74, 6) is -8.31. The molecule has 58 valence electrons. The highest BCUT2D eigenvalue weighted by Crippen LogP contribution is 2.59. The molecule has 0 aromatic rings. The van der Waals surface area contributed by atoms with Crippen molar-refractivity contribution in [3.63, 3.8) is 0 Å². The van der Waals surface area contributed by atoms with Gasteiger partial charge in [-0.15, -0.1) is 0 Å². The average Bonchev–Trinajstić information content (AvgIpc) is 1.84. The first-order valence-corrected chi connectivity index (χ1v) is 3.30. The minimum absolute atomic E-state index is 0.924. The normalized spacial score (nSPS) is 28.2. The first-order chi connectivity index (χ1) is 4.32. The first-order valence-electron chi connectivity index (χ1n) is 2.13. The molecule has 0 bridgehead atoms. The summed E-state index contributed by atoms with van der Waals surface area (Å²) in [5.41, 5.74) is 0. The molecule has 0 atom stereocenters. The van der Waals surface area contributed by atoms with Crippen molar-refractivity contribution in [2.75, 3.05) is 0 Å². The summed E-state index contributed by atoms with van der Waals surface area (Å²) in [6.07, 6.45) is 0. The topological polar surface area (TPSA) is 0 Å². The number of halogens is 6. The van der Waals surface area contributed by atoms with Gasteiger partial charge in [0.05, 0.1) is 4.48 Å². The number of alkyl halides is 4. The molecule has 0 nitrogen and oxygen atoms in total. The Hall–Kier alpha value is 0.230. The maximum Gasteiger partial charge on any atom is 0.351 e. The molecule has 1 aliphatic rings. The van der Waals surface area contributed by atoms with Crippen LogP contribution in [0.4, 0.5) is 17.6 Å². The molecule has 0 radical (unpaired) electrons. The van der Waals surface area contributed by atoms with E-state index in [1.807, 2.05) is 0 Å². The number of hydrogen-bond donors (Lipinski definition) is 0. The highest BCUT2D eigenvalue weighted by molar-refractivity contribution is 9.11. The van der Waals surface area contributed by atoms with E-state index >= 15 is 0 Å². The van der Waals surface area contributed by atoms with Crippen molar-refractivity contribution < 1.29 is 17.6 Å². The van der Waals surface area contributed by atoms with Crippen LogP contribution >= 0.6 is 27.5 Å². The van der Waals surface area contributed by atoms with E-state index in [1.165, 1.54) is 0 Å². The van der Waals surface area contributed by atoms with Gasteiger partial charge in [-0.25, -0.2) is 0 Å². The molecule has 0 fully saturated rings. The molecule has 1 rings (SSSR count). The third kappa shape index (κ3) is 0.676. The molecule has 6 heteroatoms. The van der Waals surface area contributed by atoms with Gasteiger partial charge in [-0.1, -0.05) is 11.6 Å². The molecule has 0 heterocycles. The predicted octanol–water partition coefficient (Wildman–Crippen LogP) is 3.12. The van der Waals surface area contributed by atoms with E-state index in [9.17, 15) is 17.6 Å². The lowest BCUT2D eigenvalue weighted by molar-refractivity contribution is -0.176. The summed E-state index contributed by atoms with van der Waals surface area (Å²) in [6.45, 7) is 0. The van der Waals surface area contributed by atoms with Crippen LogP contribution in [0, 0.1) is 0 Å². The van der Waals surface area contributed by atoms with E-state index in [2.05, 4.69) is 15.9 Å².